The van der Waals surface area contributed by atoms with E-state index in [2.05, 4.69) is 29.9 Å². The van der Waals surface area contributed by atoms with E-state index in [4.69, 9.17) is 0 Å². The van der Waals surface area contributed by atoms with E-state index in [0.717, 1.165) is 23.9 Å². The predicted molar refractivity (Wildman–Crippen MR) is 97.2 cm³/mol. The van der Waals surface area contributed by atoms with E-state index in [1.807, 2.05) is 12.1 Å². The molecule has 0 aliphatic heterocycles. The molecule has 0 radical (unpaired) electrons. The van der Waals surface area contributed by atoms with Crippen LogP contribution in [-0.4, -0.2) is 34.6 Å². The summed E-state index contributed by atoms with van der Waals surface area (Å²) in [5.41, 5.74) is 2.41. The van der Waals surface area contributed by atoms with Crippen LogP contribution in [0.5, 0.6) is 5.75 Å². The lowest BCUT2D eigenvalue weighted by atomic mass is 10.1. The number of aromatic hydroxyl groups is 1. The number of hydrogen-bond donors (Lipinski definition) is 2. The Balaban J connectivity index is 0.00000242. The minimum atomic E-state index is 0. The Morgan fingerprint density at radius 3 is 2.36 bits per heavy atom. The highest BCUT2D eigenvalue weighted by atomic mass is 35.5. The molecule has 2 N–H and O–H groups in total. The van der Waals surface area contributed by atoms with Gasteiger partial charge in [0.2, 0.25) is 0 Å². The second-order valence-electron chi connectivity index (χ2n) is 5.84. The quantitative estimate of drug-likeness (QED) is 0.699. The van der Waals surface area contributed by atoms with Crippen molar-refractivity contribution in [1.29, 1.82) is 0 Å². The van der Waals surface area contributed by atoms with Gasteiger partial charge in [0.25, 0.3) is 0 Å². The van der Waals surface area contributed by atoms with E-state index >= 15 is 0 Å². The highest BCUT2D eigenvalue weighted by Gasteiger charge is 2.08. The standard InChI is InChI=1S/C18H28N2O.ClH/c1-3-5-10-20(11-6-4-2)12-9-15-14-19-18-8-7-16(21)13-17(15)18;/h7-8,13-14,19,21H,3-6,9-12H2,1-2H3;1H. The van der Waals surface area contributed by atoms with Crippen molar-refractivity contribution in [3.63, 3.8) is 0 Å². The number of H-pyrrole nitrogens is 1. The zero-order valence-corrected chi connectivity index (χ0v) is 14.6. The van der Waals surface area contributed by atoms with Crippen LogP contribution in [0.4, 0.5) is 0 Å². The molecule has 2 rings (SSSR count). The van der Waals surface area contributed by atoms with Crippen LogP contribution in [0.3, 0.4) is 0 Å². The second-order valence-corrected chi connectivity index (χ2v) is 5.84. The third kappa shape index (κ3) is 5.22. The average molecular weight is 325 g/mol. The van der Waals surface area contributed by atoms with Crippen molar-refractivity contribution in [3.05, 3.63) is 30.0 Å². The molecular formula is C18H29ClN2O. The summed E-state index contributed by atoms with van der Waals surface area (Å²) in [4.78, 5) is 5.87. The Bertz CT molecular complexity index is 545. The Kier molecular flexibility index (Phi) is 8.36. The summed E-state index contributed by atoms with van der Waals surface area (Å²) in [6.07, 6.45) is 8.18. The second kappa shape index (κ2) is 9.75. The fraction of sp³-hybridized carbons (Fsp3) is 0.556. The van der Waals surface area contributed by atoms with Crippen LogP contribution >= 0.6 is 12.4 Å². The number of benzene rings is 1. The van der Waals surface area contributed by atoms with Gasteiger partial charge in [-0.2, -0.15) is 0 Å². The molecule has 0 bridgehead atoms. The van der Waals surface area contributed by atoms with Crippen molar-refractivity contribution < 1.29 is 5.11 Å². The highest BCUT2D eigenvalue weighted by molar-refractivity contribution is 5.85. The number of rotatable bonds is 9. The minimum absolute atomic E-state index is 0. The Labute approximate surface area is 140 Å². The molecular weight excluding hydrogens is 296 g/mol. The third-order valence-corrected chi connectivity index (χ3v) is 4.10. The summed E-state index contributed by atoms with van der Waals surface area (Å²) >= 11 is 0. The van der Waals surface area contributed by atoms with Gasteiger partial charge in [-0.15, -0.1) is 12.4 Å². The Hall–Kier alpha value is -1.19. The molecule has 0 aliphatic rings. The van der Waals surface area contributed by atoms with Crippen LogP contribution in [0.2, 0.25) is 0 Å². The fourth-order valence-corrected chi connectivity index (χ4v) is 2.75. The summed E-state index contributed by atoms with van der Waals surface area (Å²) < 4.78 is 0. The first-order valence-electron chi connectivity index (χ1n) is 8.26. The molecule has 0 atom stereocenters. The number of fused-ring (bicyclic) bond motifs is 1. The first-order valence-corrected chi connectivity index (χ1v) is 8.26. The van der Waals surface area contributed by atoms with Crippen LogP contribution in [0, 0.1) is 0 Å². The van der Waals surface area contributed by atoms with Crippen molar-refractivity contribution in [2.24, 2.45) is 0 Å². The van der Waals surface area contributed by atoms with Gasteiger partial charge in [-0.25, -0.2) is 0 Å². The largest absolute Gasteiger partial charge is 0.508 e. The summed E-state index contributed by atoms with van der Waals surface area (Å²) in [7, 11) is 0. The number of phenols is 1. The van der Waals surface area contributed by atoms with Crippen molar-refractivity contribution in [1.82, 2.24) is 9.88 Å². The first kappa shape index (κ1) is 18.9. The summed E-state index contributed by atoms with van der Waals surface area (Å²) in [5.74, 6) is 0.345. The van der Waals surface area contributed by atoms with Gasteiger partial charge >= 0.3 is 0 Å². The van der Waals surface area contributed by atoms with E-state index in [-0.39, 0.29) is 12.4 Å². The SMILES string of the molecule is CCCCN(CCCC)CCc1c[nH]c2ccc(O)cc12.Cl. The van der Waals surface area contributed by atoms with Gasteiger partial charge in [0.15, 0.2) is 0 Å². The average Bonchev–Trinajstić information content (AvgIpc) is 2.89. The van der Waals surface area contributed by atoms with Gasteiger partial charge < -0.3 is 15.0 Å². The predicted octanol–water partition coefficient (Wildman–Crippen LogP) is 4.74. The molecule has 1 aromatic heterocycles. The number of nitrogens with one attached hydrogen (secondary N) is 1. The number of phenolic OH excluding ortho intramolecular Hbond substituents is 1. The molecule has 2 aromatic rings. The van der Waals surface area contributed by atoms with Gasteiger partial charge in [0, 0.05) is 23.6 Å². The van der Waals surface area contributed by atoms with Gasteiger partial charge in [0.1, 0.15) is 5.75 Å². The van der Waals surface area contributed by atoms with Crippen LogP contribution in [0.15, 0.2) is 24.4 Å². The topological polar surface area (TPSA) is 39.3 Å². The lowest BCUT2D eigenvalue weighted by Crippen LogP contribution is -2.28. The summed E-state index contributed by atoms with van der Waals surface area (Å²) in [6, 6.07) is 5.54. The fourth-order valence-electron chi connectivity index (χ4n) is 2.75. The molecule has 0 aliphatic carbocycles. The smallest absolute Gasteiger partial charge is 0.116 e. The minimum Gasteiger partial charge on any atom is -0.508 e. The molecule has 0 saturated heterocycles. The molecule has 1 heterocycles. The van der Waals surface area contributed by atoms with E-state index in [1.54, 1.807) is 6.07 Å². The Morgan fingerprint density at radius 1 is 1.05 bits per heavy atom. The van der Waals surface area contributed by atoms with Gasteiger partial charge in [-0.1, -0.05) is 26.7 Å². The molecule has 1 aromatic carbocycles. The third-order valence-electron chi connectivity index (χ3n) is 4.10. The van der Waals surface area contributed by atoms with Crippen molar-refractivity contribution in [2.75, 3.05) is 19.6 Å². The summed E-state index contributed by atoms with van der Waals surface area (Å²) in [5, 5.41) is 10.8. The van der Waals surface area contributed by atoms with E-state index in [0.29, 0.717) is 5.75 Å². The monoisotopic (exact) mass is 324 g/mol. The summed E-state index contributed by atoms with van der Waals surface area (Å²) in [6.45, 7) is 8.00. The molecule has 0 spiro atoms. The number of aromatic amines is 1. The van der Waals surface area contributed by atoms with Crippen LogP contribution in [0.1, 0.15) is 45.1 Å². The van der Waals surface area contributed by atoms with Gasteiger partial charge in [-0.05, 0) is 56.1 Å². The van der Waals surface area contributed by atoms with Crippen LogP contribution in [-0.2, 0) is 6.42 Å². The Morgan fingerprint density at radius 2 is 1.73 bits per heavy atom. The van der Waals surface area contributed by atoms with Gasteiger partial charge in [-0.3, -0.25) is 0 Å². The number of aromatic nitrogens is 1. The van der Waals surface area contributed by atoms with Crippen molar-refractivity contribution >= 4 is 23.3 Å². The van der Waals surface area contributed by atoms with Crippen molar-refractivity contribution in [3.8, 4) is 5.75 Å². The van der Waals surface area contributed by atoms with E-state index < -0.39 is 0 Å². The maximum absolute atomic E-state index is 9.66. The molecule has 22 heavy (non-hydrogen) atoms. The molecule has 3 nitrogen and oxygen atoms in total. The zero-order chi connectivity index (χ0) is 15.1. The first-order chi connectivity index (χ1) is 10.2. The maximum Gasteiger partial charge on any atom is 0.116 e. The molecule has 0 amide bonds. The van der Waals surface area contributed by atoms with Crippen molar-refractivity contribution in [2.45, 2.75) is 46.0 Å². The molecule has 0 saturated carbocycles. The molecule has 0 unspecified atom stereocenters. The van der Waals surface area contributed by atoms with Gasteiger partial charge in [0.05, 0.1) is 0 Å². The molecule has 124 valence electrons. The number of unbranched alkanes of at least 4 members (excludes halogenated alkanes) is 2. The molecule has 0 fully saturated rings. The lowest BCUT2D eigenvalue weighted by molar-refractivity contribution is 0.268. The van der Waals surface area contributed by atoms with E-state index in [9.17, 15) is 5.11 Å². The lowest BCUT2D eigenvalue weighted by Gasteiger charge is -2.21. The zero-order valence-electron chi connectivity index (χ0n) is 13.8. The highest BCUT2D eigenvalue weighted by Crippen LogP contribution is 2.23. The molecule has 4 heteroatoms. The number of halogens is 1. The number of nitrogens with zero attached hydrogens (tertiary/aromatic N) is 1. The normalized spacial score (nSPS) is 11.0. The van der Waals surface area contributed by atoms with Crippen LogP contribution < -0.4 is 0 Å². The van der Waals surface area contributed by atoms with E-state index in [1.165, 1.54) is 44.3 Å². The number of hydrogen-bond acceptors (Lipinski definition) is 2. The maximum atomic E-state index is 9.66. The van der Waals surface area contributed by atoms with Crippen LogP contribution in [0.25, 0.3) is 10.9 Å².